The van der Waals surface area contributed by atoms with Gasteiger partial charge in [0.1, 0.15) is 0 Å². The molecule has 102 valence electrons. The van der Waals surface area contributed by atoms with E-state index in [1.54, 1.807) is 0 Å². The predicted molar refractivity (Wildman–Crippen MR) is 70.1 cm³/mol. The molecule has 4 heteroatoms. The molecule has 1 aliphatic carbocycles. The zero-order valence-electron chi connectivity index (χ0n) is 11.4. The number of hydrogen-bond acceptors (Lipinski definition) is 2. The molecule has 0 aromatic rings. The molecule has 1 rings (SSSR count). The third kappa shape index (κ3) is 3.86. The van der Waals surface area contributed by atoms with Gasteiger partial charge in [-0.15, -0.1) is 0 Å². The van der Waals surface area contributed by atoms with E-state index in [1.807, 2.05) is 26.0 Å². The van der Waals surface area contributed by atoms with Crippen molar-refractivity contribution in [3.63, 3.8) is 0 Å². The number of amides is 1. The minimum atomic E-state index is -0.882. The van der Waals surface area contributed by atoms with Gasteiger partial charge in [-0.2, -0.15) is 0 Å². The van der Waals surface area contributed by atoms with Crippen molar-refractivity contribution in [1.82, 2.24) is 5.32 Å². The smallest absolute Gasteiger partial charge is 0.307 e. The highest BCUT2D eigenvalue weighted by Crippen LogP contribution is 2.27. The second-order valence-electron chi connectivity index (χ2n) is 5.62. The fourth-order valence-electron chi connectivity index (χ4n) is 2.49. The summed E-state index contributed by atoms with van der Waals surface area (Å²) in [6.45, 7) is 6.02. The van der Waals surface area contributed by atoms with Gasteiger partial charge in [0.2, 0.25) is 5.91 Å². The molecule has 0 saturated carbocycles. The van der Waals surface area contributed by atoms with Gasteiger partial charge in [-0.05, 0) is 33.1 Å². The highest BCUT2D eigenvalue weighted by Gasteiger charge is 2.35. The zero-order valence-corrected chi connectivity index (χ0v) is 11.4. The van der Waals surface area contributed by atoms with Crippen LogP contribution in [0, 0.1) is 11.8 Å². The molecule has 1 aliphatic rings. The maximum atomic E-state index is 12.2. The number of nitrogens with one attached hydrogen (secondary N) is 1. The summed E-state index contributed by atoms with van der Waals surface area (Å²) in [7, 11) is 0. The van der Waals surface area contributed by atoms with Gasteiger partial charge in [0.15, 0.2) is 0 Å². The summed E-state index contributed by atoms with van der Waals surface area (Å²) in [5.41, 5.74) is -0.268. The highest BCUT2D eigenvalue weighted by atomic mass is 16.4. The van der Waals surface area contributed by atoms with Crippen LogP contribution < -0.4 is 5.32 Å². The van der Waals surface area contributed by atoms with Crippen LogP contribution in [0.5, 0.6) is 0 Å². The largest absolute Gasteiger partial charge is 0.481 e. The summed E-state index contributed by atoms with van der Waals surface area (Å²) < 4.78 is 0. The fraction of sp³-hybridized carbons (Fsp3) is 0.714. The lowest BCUT2D eigenvalue weighted by Gasteiger charge is -2.31. The van der Waals surface area contributed by atoms with Gasteiger partial charge < -0.3 is 10.4 Å². The van der Waals surface area contributed by atoms with Crippen LogP contribution in [0.3, 0.4) is 0 Å². The number of carboxylic acids is 1. The van der Waals surface area contributed by atoms with Gasteiger partial charge >= 0.3 is 5.97 Å². The van der Waals surface area contributed by atoms with Crippen LogP contribution >= 0.6 is 0 Å². The highest BCUT2D eigenvalue weighted by molar-refractivity contribution is 5.85. The summed E-state index contributed by atoms with van der Waals surface area (Å²) in [5, 5.41) is 12.1. The van der Waals surface area contributed by atoms with Crippen molar-refractivity contribution in [2.24, 2.45) is 11.8 Å². The van der Waals surface area contributed by atoms with Crippen LogP contribution in [0.2, 0.25) is 0 Å². The van der Waals surface area contributed by atoms with E-state index >= 15 is 0 Å². The van der Waals surface area contributed by atoms with Crippen molar-refractivity contribution < 1.29 is 14.7 Å². The number of carbonyl (C=O) groups is 2. The number of aliphatic carboxylic acids is 1. The van der Waals surface area contributed by atoms with Crippen LogP contribution in [-0.2, 0) is 9.59 Å². The summed E-state index contributed by atoms with van der Waals surface area (Å²) in [4.78, 5) is 23.3. The van der Waals surface area contributed by atoms with Crippen molar-refractivity contribution in [2.45, 2.75) is 52.0 Å². The monoisotopic (exact) mass is 253 g/mol. The molecule has 0 unspecified atom stereocenters. The molecule has 0 fully saturated rings. The van der Waals surface area contributed by atoms with Crippen LogP contribution in [0.25, 0.3) is 0 Å². The van der Waals surface area contributed by atoms with E-state index in [9.17, 15) is 9.59 Å². The molecule has 2 N–H and O–H groups in total. The molecule has 1 amide bonds. The molecule has 0 aliphatic heterocycles. The first-order valence-corrected chi connectivity index (χ1v) is 6.57. The van der Waals surface area contributed by atoms with Crippen LogP contribution in [0.15, 0.2) is 12.2 Å². The Balaban J connectivity index is 2.70. The van der Waals surface area contributed by atoms with E-state index in [-0.39, 0.29) is 11.4 Å². The third-order valence-electron chi connectivity index (χ3n) is 3.42. The van der Waals surface area contributed by atoms with Crippen LogP contribution in [0.1, 0.15) is 46.5 Å². The fourth-order valence-corrected chi connectivity index (χ4v) is 2.49. The second-order valence-corrected chi connectivity index (χ2v) is 5.62. The zero-order chi connectivity index (χ0) is 13.8. The first-order valence-electron chi connectivity index (χ1n) is 6.57. The van der Waals surface area contributed by atoms with E-state index in [0.29, 0.717) is 12.8 Å². The Bertz CT molecular complexity index is 347. The molecular formula is C14H23NO3. The summed E-state index contributed by atoms with van der Waals surface area (Å²) in [6, 6.07) is 0. The molecule has 0 aromatic heterocycles. The van der Waals surface area contributed by atoms with Crippen molar-refractivity contribution in [1.29, 1.82) is 0 Å². The van der Waals surface area contributed by atoms with Crippen molar-refractivity contribution in [3.8, 4) is 0 Å². The Labute approximate surface area is 108 Å². The Kier molecular flexibility index (Phi) is 4.93. The Morgan fingerprint density at radius 3 is 2.33 bits per heavy atom. The Hall–Kier alpha value is -1.32. The van der Waals surface area contributed by atoms with Gasteiger partial charge in [-0.1, -0.05) is 25.5 Å². The first kappa shape index (κ1) is 14.7. The lowest BCUT2D eigenvalue weighted by Crippen LogP contribution is -2.48. The second kappa shape index (κ2) is 6.03. The number of rotatable bonds is 5. The van der Waals surface area contributed by atoms with Gasteiger partial charge in [0.25, 0.3) is 0 Å². The molecule has 18 heavy (non-hydrogen) atoms. The molecule has 0 heterocycles. The number of allylic oxidation sites excluding steroid dienone is 2. The van der Waals surface area contributed by atoms with Crippen LogP contribution in [-0.4, -0.2) is 22.5 Å². The third-order valence-corrected chi connectivity index (χ3v) is 3.42. The van der Waals surface area contributed by atoms with Gasteiger partial charge in [0.05, 0.1) is 11.8 Å². The lowest BCUT2D eigenvalue weighted by molar-refractivity contribution is -0.147. The average molecular weight is 253 g/mol. The maximum absolute atomic E-state index is 12.2. The minimum Gasteiger partial charge on any atom is -0.481 e. The van der Waals surface area contributed by atoms with E-state index in [1.165, 1.54) is 0 Å². The van der Waals surface area contributed by atoms with Crippen LogP contribution in [0.4, 0.5) is 0 Å². The van der Waals surface area contributed by atoms with Crippen molar-refractivity contribution in [3.05, 3.63) is 12.2 Å². The number of carboxylic acid groups (broad SMARTS) is 1. The van der Waals surface area contributed by atoms with E-state index in [4.69, 9.17) is 5.11 Å². The van der Waals surface area contributed by atoms with E-state index < -0.39 is 17.8 Å². The predicted octanol–water partition coefficient (Wildman–Crippen LogP) is 2.35. The quantitative estimate of drug-likeness (QED) is 0.739. The molecule has 0 radical (unpaired) electrons. The molecule has 0 saturated heterocycles. The molecule has 0 bridgehead atoms. The maximum Gasteiger partial charge on any atom is 0.307 e. The van der Waals surface area contributed by atoms with E-state index in [0.717, 1.165) is 12.8 Å². The molecule has 2 atom stereocenters. The van der Waals surface area contributed by atoms with Crippen molar-refractivity contribution >= 4 is 11.9 Å². The first-order chi connectivity index (χ1) is 8.37. The molecular weight excluding hydrogens is 230 g/mol. The topological polar surface area (TPSA) is 66.4 Å². The minimum absolute atomic E-state index is 0.134. The SMILES string of the molecule is CCCC(C)(C)NC(=O)[C@@H]1CC=CC[C@@H]1C(=O)O. The van der Waals surface area contributed by atoms with Gasteiger partial charge in [-0.25, -0.2) is 0 Å². The standard InChI is InChI=1S/C14H23NO3/c1-4-9-14(2,3)15-12(16)10-7-5-6-8-11(10)13(17)18/h5-6,10-11H,4,7-9H2,1-3H3,(H,15,16)(H,17,18)/t10-,11+/m1/s1. The lowest BCUT2D eigenvalue weighted by atomic mass is 9.81. The molecule has 0 aromatic carbocycles. The average Bonchev–Trinajstić information content (AvgIpc) is 2.28. The Morgan fingerprint density at radius 2 is 1.83 bits per heavy atom. The summed E-state index contributed by atoms with van der Waals surface area (Å²) >= 11 is 0. The number of hydrogen-bond donors (Lipinski definition) is 2. The number of carbonyl (C=O) groups excluding carboxylic acids is 1. The summed E-state index contributed by atoms with van der Waals surface area (Å²) in [5.74, 6) is -2.05. The molecule has 0 spiro atoms. The molecule has 4 nitrogen and oxygen atoms in total. The summed E-state index contributed by atoms with van der Waals surface area (Å²) in [6.07, 6.45) is 6.59. The normalized spacial score (nSPS) is 23.7. The van der Waals surface area contributed by atoms with Gasteiger partial charge in [0, 0.05) is 5.54 Å². The van der Waals surface area contributed by atoms with Gasteiger partial charge in [-0.3, -0.25) is 9.59 Å². The van der Waals surface area contributed by atoms with E-state index in [2.05, 4.69) is 12.2 Å². The Morgan fingerprint density at radius 1 is 1.28 bits per heavy atom. The van der Waals surface area contributed by atoms with Crippen molar-refractivity contribution in [2.75, 3.05) is 0 Å².